The molecule has 0 spiro atoms. The Balaban J connectivity index is 2.18. The Labute approximate surface area is 136 Å². The fourth-order valence-electron chi connectivity index (χ4n) is 2.37. The maximum Gasteiger partial charge on any atom is 0.338 e. The van der Waals surface area contributed by atoms with Crippen LogP contribution in [-0.2, 0) is 11.3 Å². The third-order valence-corrected chi connectivity index (χ3v) is 3.65. The molecular formula is C19H20O4. The molecule has 0 atom stereocenters. The Hall–Kier alpha value is -2.62. The van der Waals surface area contributed by atoms with E-state index in [-0.39, 0.29) is 12.4 Å². The van der Waals surface area contributed by atoms with Gasteiger partial charge in [0.15, 0.2) is 5.78 Å². The molecule has 0 radical (unpaired) electrons. The molecule has 0 aliphatic rings. The van der Waals surface area contributed by atoms with Crippen molar-refractivity contribution in [2.45, 2.75) is 27.4 Å². The van der Waals surface area contributed by atoms with Gasteiger partial charge in [-0.25, -0.2) is 4.79 Å². The Morgan fingerprint density at radius 3 is 2.39 bits per heavy atom. The van der Waals surface area contributed by atoms with E-state index in [1.165, 1.54) is 14.0 Å². The summed E-state index contributed by atoms with van der Waals surface area (Å²) in [4.78, 5) is 23.7. The zero-order valence-corrected chi connectivity index (χ0v) is 13.8. The number of ketones is 1. The topological polar surface area (TPSA) is 52.6 Å². The second-order valence-corrected chi connectivity index (χ2v) is 5.48. The third kappa shape index (κ3) is 3.97. The van der Waals surface area contributed by atoms with Crippen molar-refractivity contribution in [1.82, 2.24) is 0 Å². The molecule has 120 valence electrons. The number of aryl methyl sites for hydroxylation is 2. The number of hydrogen-bond acceptors (Lipinski definition) is 4. The lowest BCUT2D eigenvalue weighted by atomic mass is 10.1. The molecule has 0 aromatic heterocycles. The number of esters is 1. The predicted molar refractivity (Wildman–Crippen MR) is 88.0 cm³/mol. The number of Topliss-reactive ketones (excluding diaryl/α,β-unsaturated/α-hetero) is 1. The second kappa shape index (κ2) is 7.09. The van der Waals surface area contributed by atoms with Crippen LogP contribution in [0.5, 0.6) is 5.75 Å². The lowest BCUT2D eigenvalue weighted by Gasteiger charge is -2.11. The summed E-state index contributed by atoms with van der Waals surface area (Å²) >= 11 is 0. The Morgan fingerprint density at radius 1 is 1.04 bits per heavy atom. The van der Waals surface area contributed by atoms with Crippen molar-refractivity contribution in [2.75, 3.05) is 7.11 Å². The fourth-order valence-corrected chi connectivity index (χ4v) is 2.37. The molecule has 0 fully saturated rings. The average molecular weight is 312 g/mol. The normalized spacial score (nSPS) is 10.3. The highest BCUT2D eigenvalue weighted by Gasteiger charge is 2.13. The van der Waals surface area contributed by atoms with Gasteiger partial charge in [-0.15, -0.1) is 0 Å². The molecule has 0 N–H and O–H groups in total. The molecule has 2 aromatic rings. The van der Waals surface area contributed by atoms with Gasteiger partial charge in [0.2, 0.25) is 0 Å². The summed E-state index contributed by atoms with van der Waals surface area (Å²) in [5, 5.41) is 0. The van der Waals surface area contributed by atoms with Crippen LogP contribution in [0.15, 0.2) is 36.4 Å². The Kier molecular flexibility index (Phi) is 5.16. The molecule has 0 saturated carbocycles. The van der Waals surface area contributed by atoms with Gasteiger partial charge in [-0.2, -0.15) is 0 Å². The first-order valence-electron chi connectivity index (χ1n) is 7.34. The highest BCUT2D eigenvalue weighted by atomic mass is 16.5. The molecule has 0 aliphatic carbocycles. The second-order valence-electron chi connectivity index (χ2n) is 5.48. The van der Waals surface area contributed by atoms with Gasteiger partial charge in [-0.3, -0.25) is 4.79 Å². The van der Waals surface area contributed by atoms with E-state index in [4.69, 9.17) is 9.47 Å². The molecular weight excluding hydrogens is 292 g/mol. The molecule has 0 bridgehead atoms. The standard InChI is InChI=1S/C19H20O4/c1-12-5-7-17(13(2)9-12)19(21)23-11-16-10-15(14(3)20)6-8-18(16)22-4/h5-10H,11H2,1-4H3. The number of carbonyl (C=O) groups excluding carboxylic acids is 2. The van der Waals surface area contributed by atoms with Gasteiger partial charge in [0.25, 0.3) is 0 Å². The van der Waals surface area contributed by atoms with Gasteiger partial charge in [-0.1, -0.05) is 17.7 Å². The zero-order valence-electron chi connectivity index (χ0n) is 13.8. The molecule has 0 amide bonds. The van der Waals surface area contributed by atoms with E-state index in [1.807, 2.05) is 26.0 Å². The first-order valence-corrected chi connectivity index (χ1v) is 7.34. The van der Waals surface area contributed by atoms with Crippen molar-refractivity contribution >= 4 is 11.8 Å². The molecule has 0 saturated heterocycles. The minimum absolute atomic E-state index is 0.0467. The van der Waals surface area contributed by atoms with Gasteiger partial charge in [0, 0.05) is 11.1 Å². The van der Waals surface area contributed by atoms with Crippen molar-refractivity contribution in [3.63, 3.8) is 0 Å². The number of rotatable bonds is 5. The summed E-state index contributed by atoms with van der Waals surface area (Å²) in [5.41, 5.74) is 3.73. The SMILES string of the molecule is COc1ccc(C(C)=O)cc1COC(=O)c1ccc(C)cc1C. The zero-order chi connectivity index (χ0) is 17.0. The monoisotopic (exact) mass is 312 g/mol. The molecule has 2 rings (SSSR count). The molecule has 23 heavy (non-hydrogen) atoms. The molecule has 4 heteroatoms. The Bertz CT molecular complexity index is 747. The molecule has 0 aliphatic heterocycles. The maximum atomic E-state index is 12.2. The van der Waals surface area contributed by atoms with Gasteiger partial charge in [0.1, 0.15) is 12.4 Å². The summed E-state index contributed by atoms with van der Waals surface area (Å²) in [6.07, 6.45) is 0. The van der Waals surface area contributed by atoms with E-state index < -0.39 is 5.97 Å². The summed E-state index contributed by atoms with van der Waals surface area (Å²) in [6.45, 7) is 5.39. The van der Waals surface area contributed by atoms with Crippen LogP contribution in [0, 0.1) is 13.8 Å². The number of benzene rings is 2. The van der Waals surface area contributed by atoms with E-state index in [0.717, 1.165) is 11.1 Å². The van der Waals surface area contributed by atoms with Crippen LogP contribution in [0.4, 0.5) is 0 Å². The first-order chi connectivity index (χ1) is 10.9. The van der Waals surface area contributed by atoms with Gasteiger partial charge < -0.3 is 9.47 Å². The summed E-state index contributed by atoms with van der Waals surface area (Å²) in [5.74, 6) is 0.149. The van der Waals surface area contributed by atoms with E-state index in [9.17, 15) is 9.59 Å². The highest BCUT2D eigenvalue weighted by Crippen LogP contribution is 2.22. The van der Waals surface area contributed by atoms with Crippen molar-refractivity contribution in [1.29, 1.82) is 0 Å². The number of ether oxygens (including phenoxy) is 2. The van der Waals surface area contributed by atoms with Crippen LogP contribution in [0.25, 0.3) is 0 Å². The minimum Gasteiger partial charge on any atom is -0.496 e. The fraction of sp³-hybridized carbons (Fsp3) is 0.263. The van der Waals surface area contributed by atoms with E-state index in [1.54, 1.807) is 24.3 Å². The van der Waals surface area contributed by atoms with Crippen LogP contribution in [-0.4, -0.2) is 18.9 Å². The lowest BCUT2D eigenvalue weighted by molar-refractivity contribution is 0.0469. The largest absolute Gasteiger partial charge is 0.496 e. The number of hydrogen-bond donors (Lipinski definition) is 0. The smallest absolute Gasteiger partial charge is 0.338 e. The van der Waals surface area contributed by atoms with Crippen molar-refractivity contribution < 1.29 is 19.1 Å². The van der Waals surface area contributed by atoms with Crippen LogP contribution in [0.2, 0.25) is 0 Å². The van der Waals surface area contributed by atoms with E-state index >= 15 is 0 Å². The van der Waals surface area contributed by atoms with Crippen LogP contribution < -0.4 is 4.74 Å². The maximum absolute atomic E-state index is 12.2. The average Bonchev–Trinajstić information content (AvgIpc) is 2.52. The van der Waals surface area contributed by atoms with E-state index in [2.05, 4.69) is 0 Å². The summed E-state index contributed by atoms with van der Waals surface area (Å²) in [6, 6.07) is 10.7. The van der Waals surface area contributed by atoms with Crippen molar-refractivity contribution in [3.8, 4) is 5.75 Å². The first kappa shape index (κ1) is 16.7. The lowest BCUT2D eigenvalue weighted by Crippen LogP contribution is -2.08. The van der Waals surface area contributed by atoms with Crippen molar-refractivity contribution in [2.24, 2.45) is 0 Å². The van der Waals surface area contributed by atoms with E-state index in [0.29, 0.717) is 22.4 Å². The summed E-state index contributed by atoms with van der Waals surface area (Å²) in [7, 11) is 1.54. The third-order valence-electron chi connectivity index (χ3n) is 3.65. The van der Waals surface area contributed by atoms with Gasteiger partial charge >= 0.3 is 5.97 Å². The molecule has 4 nitrogen and oxygen atoms in total. The van der Waals surface area contributed by atoms with Gasteiger partial charge in [-0.05, 0) is 50.6 Å². The number of carbonyl (C=O) groups is 2. The molecule has 2 aromatic carbocycles. The quantitative estimate of drug-likeness (QED) is 0.621. The predicted octanol–water partition coefficient (Wildman–Crippen LogP) is 3.87. The molecule has 0 unspecified atom stereocenters. The van der Waals surface area contributed by atoms with Crippen molar-refractivity contribution in [3.05, 3.63) is 64.2 Å². The van der Waals surface area contributed by atoms with Crippen LogP contribution in [0.3, 0.4) is 0 Å². The minimum atomic E-state index is -0.391. The van der Waals surface area contributed by atoms with Crippen LogP contribution in [0.1, 0.15) is 44.3 Å². The number of methoxy groups -OCH3 is 1. The van der Waals surface area contributed by atoms with Crippen LogP contribution >= 0.6 is 0 Å². The summed E-state index contributed by atoms with van der Waals surface area (Å²) < 4.78 is 10.6. The van der Waals surface area contributed by atoms with Gasteiger partial charge in [0.05, 0.1) is 12.7 Å². The Morgan fingerprint density at radius 2 is 1.78 bits per heavy atom. The highest BCUT2D eigenvalue weighted by molar-refractivity contribution is 5.94. The molecule has 0 heterocycles.